The van der Waals surface area contributed by atoms with E-state index < -0.39 is 0 Å². The second-order valence-corrected chi connectivity index (χ2v) is 4.45. The minimum absolute atomic E-state index is 0.223. The Kier molecular flexibility index (Phi) is 4.35. The Morgan fingerprint density at radius 1 is 1.29 bits per heavy atom. The van der Waals surface area contributed by atoms with Gasteiger partial charge in [0.25, 0.3) is 0 Å². The zero-order valence-electron chi connectivity index (χ0n) is 9.91. The maximum atomic E-state index is 5.92. The van der Waals surface area contributed by atoms with Crippen molar-refractivity contribution in [1.82, 2.24) is 5.32 Å². The van der Waals surface area contributed by atoms with E-state index in [0.29, 0.717) is 18.1 Å². The molecule has 4 atom stereocenters. The van der Waals surface area contributed by atoms with Crippen LogP contribution in [0, 0.1) is 5.92 Å². The molecule has 1 saturated carbocycles. The molecule has 3 heteroatoms. The lowest BCUT2D eigenvalue weighted by molar-refractivity contribution is -0.160. The Hall–Kier alpha value is -0.120. The van der Waals surface area contributed by atoms with E-state index in [1.54, 1.807) is 7.11 Å². The maximum Gasteiger partial charge on any atom is 0.0986 e. The summed E-state index contributed by atoms with van der Waals surface area (Å²) in [5.41, 5.74) is 0. The summed E-state index contributed by atoms with van der Waals surface area (Å²) >= 11 is 0. The third-order valence-electron chi connectivity index (χ3n) is 3.22. The minimum atomic E-state index is 0.223. The monoisotopic (exact) mass is 201 g/mol. The molecular formula is C11H23NO2. The van der Waals surface area contributed by atoms with E-state index in [1.165, 1.54) is 0 Å². The van der Waals surface area contributed by atoms with Gasteiger partial charge in [0.15, 0.2) is 0 Å². The summed E-state index contributed by atoms with van der Waals surface area (Å²) in [6.45, 7) is 6.49. The molecule has 1 rings (SSSR count). The molecule has 0 aromatic heterocycles. The number of likely N-dealkylation sites (N-methyl/N-ethyl adjacent to an activating group) is 1. The molecule has 84 valence electrons. The van der Waals surface area contributed by atoms with Crippen molar-refractivity contribution in [2.45, 2.75) is 51.5 Å². The summed E-state index contributed by atoms with van der Waals surface area (Å²) in [4.78, 5) is 0. The van der Waals surface area contributed by atoms with Crippen LogP contribution in [0.4, 0.5) is 0 Å². The lowest BCUT2D eigenvalue weighted by atomic mass is 9.85. The largest absolute Gasteiger partial charge is 0.377 e. The number of hydrogen-bond donors (Lipinski definition) is 1. The third-order valence-corrected chi connectivity index (χ3v) is 3.22. The lowest BCUT2D eigenvalue weighted by Crippen LogP contribution is -2.59. The van der Waals surface area contributed by atoms with Gasteiger partial charge in [0.2, 0.25) is 0 Å². The lowest BCUT2D eigenvalue weighted by Gasteiger charge is -2.44. The van der Waals surface area contributed by atoms with Crippen LogP contribution in [-0.2, 0) is 9.47 Å². The van der Waals surface area contributed by atoms with Gasteiger partial charge >= 0.3 is 0 Å². The summed E-state index contributed by atoms with van der Waals surface area (Å²) in [5, 5.41) is 3.23. The molecular weight excluding hydrogens is 178 g/mol. The normalized spacial score (nSPS) is 34.3. The predicted octanol–water partition coefficient (Wildman–Crippen LogP) is 1.42. The molecule has 1 N–H and O–H groups in total. The first-order chi connectivity index (χ1) is 6.60. The van der Waals surface area contributed by atoms with Gasteiger partial charge in [0.05, 0.1) is 18.3 Å². The molecule has 3 nitrogen and oxygen atoms in total. The van der Waals surface area contributed by atoms with Crippen LogP contribution in [0.2, 0.25) is 0 Å². The van der Waals surface area contributed by atoms with Gasteiger partial charge in [-0.3, -0.25) is 0 Å². The molecule has 0 bridgehead atoms. The van der Waals surface area contributed by atoms with Gasteiger partial charge in [-0.25, -0.2) is 0 Å². The first kappa shape index (κ1) is 12.0. The quantitative estimate of drug-likeness (QED) is 0.730. The van der Waals surface area contributed by atoms with E-state index in [9.17, 15) is 0 Å². The standard InChI is InChI=1S/C11H23NO2/c1-7(2)8(3)14-10-6-9(12-4)11(10)13-5/h7-12H,6H2,1-5H3. The van der Waals surface area contributed by atoms with Gasteiger partial charge in [-0.05, 0) is 26.3 Å². The van der Waals surface area contributed by atoms with Crippen LogP contribution in [0.3, 0.4) is 0 Å². The van der Waals surface area contributed by atoms with Gasteiger partial charge in [0.1, 0.15) is 0 Å². The van der Waals surface area contributed by atoms with Crippen molar-refractivity contribution in [3.8, 4) is 0 Å². The second kappa shape index (κ2) is 5.10. The van der Waals surface area contributed by atoms with Gasteiger partial charge in [-0.2, -0.15) is 0 Å². The van der Waals surface area contributed by atoms with Crippen LogP contribution in [0.5, 0.6) is 0 Å². The van der Waals surface area contributed by atoms with Gasteiger partial charge in [-0.15, -0.1) is 0 Å². The van der Waals surface area contributed by atoms with E-state index in [0.717, 1.165) is 6.42 Å². The Morgan fingerprint density at radius 3 is 2.36 bits per heavy atom. The van der Waals surface area contributed by atoms with Gasteiger partial charge < -0.3 is 14.8 Å². The summed E-state index contributed by atoms with van der Waals surface area (Å²) in [6.07, 6.45) is 1.87. The van der Waals surface area contributed by atoms with Crippen molar-refractivity contribution in [3.63, 3.8) is 0 Å². The summed E-state index contributed by atoms with van der Waals surface area (Å²) in [6, 6.07) is 0.462. The van der Waals surface area contributed by atoms with Gasteiger partial charge in [-0.1, -0.05) is 13.8 Å². The molecule has 0 radical (unpaired) electrons. The minimum Gasteiger partial charge on any atom is -0.377 e. The Bertz CT molecular complexity index is 173. The zero-order chi connectivity index (χ0) is 10.7. The molecule has 0 heterocycles. The molecule has 0 amide bonds. The van der Waals surface area contributed by atoms with Crippen LogP contribution >= 0.6 is 0 Å². The highest BCUT2D eigenvalue weighted by Crippen LogP contribution is 2.28. The van der Waals surface area contributed by atoms with Crippen molar-refractivity contribution in [1.29, 1.82) is 0 Å². The fourth-order valence-electron chi connectivity index (χ4n) is 1.75. The third kappa shape index (κ3) is 2.47. The number of rotatable bonds is 5. The Labute approximate surface area is 87.2 Å². The second-order valence-electron chi connectivity index (χ2n) is 4.45. The predicted molar refractivity (Wildman–Crippen MR) is 57.4 cm³/mol. The molecule has 0 spiro atoms. The first-order valence-corrected chi connectivity index (χ1v) is 5.45. The summed E-state index contributed by atoms with van der Waals surface area (Å²) in [5.74, 6) is 0.571. The molecule has 1 fully saturated rings. The van der Waals surface area contributed by atoms with Crippen LogP contribution < -0.4 is 5.32 Å². The van der Waals surface area contributed by atoms with E-state index >= 15 is 0 Å². The Morgan fingerprint density at radius 2 is 1.93 bits per heavy atom. The topological polar surface area (TPSA) is 30.5 Å². The first-order valence-electron chi connectivity index (χ1n) is 5.45. The number of hydrogen-bond acceptors (Lipinski definition) is 3. The van der Waals surface area contributed by atoms with E-state index in [2.05, 4.69) is 26.1 Å². The highest BCUT2D eigenvalue weighted by atomic mass is 16.5. The molecule has 1 aliphatic rings. The number of methoxy groups -OCH3 is 1. The van der Waals surface area contributed by atoms with Crippen molar-refractivity contribution >= 4 is 0 Å². The average Bonchev–Trinajstić information content (AvgIpc) is 2.11. The number of nitrogens with one attached hydrogen (secondary N) is 1. The highest BCUT2D eigenvalue weighted by Gasteiger charge is 2.42. The van der Waals surface area contributed by atoms with Crippen molar-refractivity contribution in [3.05, 3.63) is 0 Å². The fraction of sp³-hybridized carbons (Fsp3) is 1.00. The summed E-state index contributed by atoms with van der Waals surface area (Å²) < 4.78 is 11.3. The molecule has 4 unspecified atom stereocenters. The maximum absolute atomic E-state index is 5.92. The van der Waals surface area contributed by atoms with Crippen molar-refractivity contribution < 1.29 is 9.47 Å². The van der Waals surface area contributed by atoms with Crippen LogP contribution in [0.25, 0.3) is 0 Å². The molecule has 0 aliphatic heterocycles. The van der Waals surface area contributed by atoms with Gasteiger partial charge in [0, 0.05) is 13.2 Å². The number of ether oxygens (including phenoxy) is 2. The highest BCUT2D eigenvalue weighted by molar-refractivity contribution is 4.96. The van der Waals surface area contributed by atoms with Crippen LogP contribution in [0.15, 0.2) is 0 Å². The average molecular weight is 201 g/mol. The van der Waals surface area contributed by atoms with E-state index in [1.807, 2.05) is 7.05 Å². The summed E-state index contributed by atoms with van der Waals surface area (Å²) in [7, 11) is 3.73. The van der Waals surface area contributed by atoms with Crippen molar-refractivity contribution in [2.75, 3.05) is 14.2 Å². The molecule has 1 aliphatic carbocycles. The Balaban J connectivity index is 2.33. The smallest absolute Gasteiger partial charge is 0.0986 e. The molecule has 0 saturated heterocycles. The van der Waals surface area contributed by atoms with Crippen LogP contribution in [0.1, 0.15) is 27.2 Å². The SMILES string of the molecule is CNC1CC(OC(C)C(C)C)C1OC. The fourth-order valence-corrected chi connectivity index (χ4v) is 1.75. The zero-order valence-corrected chi connectivity index (χ0v) is 9.91. The molecule has 14 heavy (non-hydrogen) atoms. The molecule has 0 aromatic carbocycles. The molecule has 0 aromatic rings. The van der Waals surface area contributed by atoms with E-state index in [-0.39, 0.29) is 12.2 Å². The van der Waals surface area contributed by atoms with E-state index in [4.69, 9.17) is 9.47 Å². The van der Waals surface area contributed by atoms with Crippen molar-refractivity contribution in [2.24, 2.45) is 5.92 Å². The van der Waals surface area contributed by atoms with Crippen LogP contribution in [-0.4, -0.2) is 38.5 Å².